The van der Waals surface area contributed by atoms with Gasteiger partial charge in [0.25, 0.3) is 0 Å². The Hall–Kier alpha value is -3.94. The normalized spacial score (nSPS) is 30.4. The number of ether oxygens (including phenoxy) is 5. The molecule has 5 rings (SSSR count). The Morgan fingerprint density at radius 1 is 0.941 bits per heavy atom. The van der Waals surface area contributed by atoms with Gasteiger partial charge in [-0.15, -0.1) is 0 Å². The Bertz CT molecular complexity index is 1750. The number of aliphatic hydroxyl groups is 7. The average Bonchev–Trinajstić information content (AvgIpc) is 3.09. The van der Waals surface area contributed by atoms with Crippen LogP contribution in [0.3, 0.4) is 0 Å². The van der Waals surface area contributed by atoms with Crippen molar-refractivity contribution in [2.75, 3.05) is 20.3 Å². The molecule has 51 heavy (non-hydrogen) atoms. The van der Waals surface area contributed by atoms with Crippen LogP contribution in [0.1, 0.15) is 35.5 Å². The summed E-state index contributed by atoms with van der Waals surface area (Å²) in [6.45, 7) is 1.56. The van der Waals surface area contributed by atoms with Crippen LogP contribution in [0.15, 0.2) is 51.7 Å². The standard InChI is InChI=1S/C35H42O16/c1-15-10-21(46-3)26(32-25(15)20(40)12-19(47-32)11-16(2)38)33-34(50-24(41)9-6-17-4-7-18(39)8-5-17)30(45)31(23(14-37)48-33)51-35-29(44)28(43)27(42)22(13-36)49-35/h4-10,12,16,22-23,27-31,33-39,42-45H,11,13-14H2,1-3H3. The fourth-order valence-corrected chi connectivity index (χ4v) is 6.26. The number of phenols is 1. The maximum atomic E-state index is 13.4. The molecule has 16 heteroatoms. The summed E-state index contributed by atoms with van der Waals surface area (Å²) in [6.07, 6.45) is -15.2. The maximum Gasteiger partial charge on any atom is 0.331 e. The minimum atomic E-state index is -1.89. The second-order valence-corrected chi connectivity index (χ2v) is 12.5. The third-order valence-electron chi connectivity index (χ3n) is 8.79. The number of aryl methyl sites for hydroxylation is 1. The van der Waals surface area contributed by atoms with Gasteiger partial charge in [0.15, 0.2) is 17.8 Å². The molecule has 0 radical (unpaired) electrons. The Balaban J connectivity index is 1.61. The van der Waals surface area contributed by atoms with Gasteiger partial charge >= 0.3 is 5.97 Å². The fourth-order valence-electron chi connectivity index (χ4n) is 6.26. The van der Waals surface area contributed by atoms with E-state index in [1.54, 1.807) is 6.92 Å². The molecule has 0 spiro atoms. The molecule has 278 valence electrons. The van der Waals surface area contributed by atoms with E-state index in [0.29, 0.717) is 11.1 Å². The number of rotatable bonds is 11. The highest BCUT2D eigenvalue weighted by molar-refractivity contribution is 5.88. The summed E-state index contributed by atoms with van der Waals surface area (Å²) in [7, 11) is 1.33. The van der Waals surface area contributed by atoms with Crippen LogP contribution < -0.4 is 10.2 Å². The van der Waals surface area contributed by atoms with E-state index < -0.39 is 91.9 Å². The van der Waals surface area contributed by atoms with Crippen molar-refractivity contribution < 1.29 is 73.7 Å². The first kappa shape index (κ1) is 38.3. The van der Waals surface area contributed by atoms with Crippen LogP contribution in [-0.2, 0) is 30.2 Å². The van der Waals surface area contributed by atoms with Crippen molar-refractivity contribution in [1.82, 2.24) is 0 Å². The topological polar surface area (TPSA) is 255 Å². The summed E-state index contributed by atoms with van der Waals surface area (Å²) < 4.78 is 35.1. The highest BCUT2D eigenvalue weighted by atomic mass is 16.7. The Morgan fingerprint density at radius 2 is 1.63 bits per heavy atom. The van der Waals surface area contributed by atoms with Crippen molar-refractivity contribution in [2.24, 2.45) is 0 Å². The number of carbonyl (C=O) groups is 1. The summed E-state index contributed by atoms with van der Waals surface area (Å²) in [5.74, 6) is -0.770. The van der Waals surface area contributed by atoms with Gasteiger partial charge in [0.1, 0.15) is 71.7 Å². The van der Waals surface area contributed by atoms with Gasteiger partial charge in [-0.2, -0.15) is 0 Å². The fraction of sp³-hybridized carbons (Fsp3) is 0.486. The quantitative estimate of drug-likeness (QED) is 0.0905. The van der Waals surface area contributed by atoms with Gasteiger partial charge in [0, 0.05) is 18.6 Å². The molecule has 2 saturated heterocycles. The van der Waals surface area contributed by atoms with E-state index in [9.17, 15) is 50.4 Å². The molecule has 0 amide bonds. The molecule has 0 bridgehead atoms. The number of phenolic OH excluding ortho intramolecular Hbond substituents is 1. The van der Waals surface area contributed by atoms with Crippen LogP contribution in [0.4, 0.5) is 0 Å². The number of hydrogen-bond acceptors (Lipinski definition) is 16. The van der Waals surface area contributed by atoms with Gasteiger partial charge in [-0.05, 0) is 49.2 Å². The van der Waals surface area contributed by atoms with Gasteiger partial charge in [0.2, 0.25) is 0 Å². The molecular weight excluding hydrogens is 676 g/mol. The molecule has 3 aromatic rings. The number of methoxy groups -OCH3 is 1. The summed E-state index contributed by atoms with van der Waals surface area (Å²) >= 11 is 0. The molecule has 2 fully saturated rings. The number of esters is 1. The Labute approximate surface area is 291 Å². The maximum absolute atomic E-state index is 13.4. The largest absolute Gasteiger partial charge is 0.508 e. The van der Waals surface area contributed by atoms with Crippen LogP contribution in [-0.4, -0.2) is 128 Å². The van der Waals surface area contributed by atoms with Gasteiger partial charge in [-0.3, -0.25) is 4.79 Å². The minimum absolute atomic E-state index is 0.00597. The van der Waals surface area contributed by atoms with Crippen LogP contribution in [0.25, 0.3) is 17.0 Å². The van der Waals surface area contributed by atoms with Gasteiger partial charge < -0.3 is 69.0 Å². The van der Waals surface area contributed by atoms with E-state index >= 15 is 0 Å². The van der Waals surface area contributed by atoms with Gasteiger partial charge in [0.05, 0.1) is 37.4 Å². The first-order chi connectivity index (χ1) is 24.3. The molecular formula is C35H42O16. The molecule has 3 heterocycles. The third-order valence-corrected chi connectivity index (χ3v) is 8.79. The molecule has 8 N–H and O–H groups in total. The SMILES string of the molecule is COc1cc(C)c2c(=O)cc(CC(C)O)oc2c1C1OC(CO)C(OC2OC(CO)C(O)C(O)C2O)C(O)C1OC(=O)C=Cc1ccc(O)cc1. The smallest absolute Gasteiger partial charge is 0.331 e. The van der Waals surface area contributed by atoms with Crippen molar-refractivity contribution >= 4 is 23.0 Å². The molecule has 1 aromatic heterocycles. The van der Waals surface area contributed by atoms with E-state index in [-0.39, 0.29) is 40.2 Å². The zero-order valence-corrected chi connectivity index (χ0v) is 27.9. The molecule has 16 nitrogen and oxygen atoms in total. The lowest BCUT2D eigenvalue weighted by Crippen LogP contribution is -2.63. The van der Waals surface area contributed by atoms with E-state index in [0.717, 1.165) is 6.08 Å². The van der Waals surface area contributed by atoms with Crippen LogP contribution >= 0.6 is 0 Å². The van der Waals surface area contributed by atoms with E-state index in [1.807, 2.05) is 0 Å². The minimum Gasteiger partial charge on any atom is -0.508 e. The number of fused-ring (bicyclic) bond motifs is 1. The zero-order valence-electron chi connectivity index (χ0n) is 27.9. The molecule has 0 saturated carbocycles. The van der Waals surface area contributed by atoms with Crippen LogP contribution in [0.2, 0.25) is 0 Å². The third kappa shape index (κ3) is 8.10. The Morgan fingerprint density at radius 3 is 2.25 bits per heavy atom. The highest BCUT2D eigenvalue weighted by Crippen LogP contribution is 2.44. The molecule has 11 unspecified atom stereocenters. The molecule has 11 atom stereocenters. The van der Waals surface area contributed by atoms with Gasteiger partial charge in [-0.1, -0.05) is 12.1 Å². The lowest BCUT2D eigenvalue weighted by atomic mass is 9.88. The van der Waals surface area contributed by atoms with Crippen molar-refractivity contribution in [2.45, 2.75) is 87.6 Å². The van der Waals surface area contributed by atoms with Gasteiger partial charge in [-0.25, -0.2) is 4.79 Å². The predicted molar refractivity (Wildman–Crippen MR) is 176 cm³/mol. The summed E-state index contributed by atoms with van der Waals surface area (Å²) in [6, 6.07) is 8.64. The van der Waals surface area contributed by atoms with Crippen molar-refractivity contribution in [3.63, 3.8) is 0 Å². The zero-order chi connectivity index (χ0) is 37.1. The van der Waals surface area contributed by atoms with Crippen molar-refractivity contribution in [3.8, 4) is 11.5 Å². The Kier molecular flexibility index (Phi) is 12.1. The highest BCUT2D eigenvalue weighted by Gasteiger charge is 2.53. The number of aromatic hydroxyl groups is 1. The number of hydrogen-bond donors (Lipinski definition) is 8. The molecule has 2 aliphatic rings. The average molecular weight is 719 g/mol. The summed E-state index contributed by atoms with van der Waals surface area (Å²) in [4.78, 5) is 26.7. The first-order valence-corrected chi connectivity index (χ1v) is 16.2. The van der Waals surface area contributed by atoms with Crippen LogP contribution in [0.5, 0.6) is 11.5 Å². The number of carbonyl (C=O) groups excluding carboxylic acids is 1. The first-order valence-electron chi connectivity index (χ1n) is 16.2. The van der Waals surface area contributed by atoms with Crippen molar-refractivity contribution in [3.05, 3.63) is 75.1 Å². The van der Waals surface area contributed by atoms with E-state index in [2.05, 4.69) is 0 Å². The van der Waals surface area contributed by atoms with E-state index in [1.165, 1.54) is 56.5 Å². The molecule has 0 aliphatic carbocycles. The lowest BCUT2D eigenvalue weighted by molar-refractivity contribution is -0.343. The summed E-state index contributed by atoms with van der Waals surface area (Å²) in [5.41, 5.74) is 0.471. The lowest BCUT2D eigenvalue weighted by Gasteiger charge is -2.47. The predicted octanol–water partition coefficient (Wildman–Crippen LogP) is -0.658. The number of benzene rings is 2. The summed E-state index contributed by atoms with van der Waals surface area (Å²) in [5, 5.41) is 83.0. The second-order valence-electron chi connectivity index (χ2n) is 12.5. The molecule has 2 aromatic carbocycles. The van der Waals surface area contributed by atoms with Crippen LogP contribution in [0, 0.1) is 6.92 Å². The monoisotopic (exact) mass is 718 g/mol. The number of aliphatic hydroxyl groups excluding tert-OH is 7. The van der Waals surface area contributed by atoms with E-state index in [4.69, 9.17) is 28.1 Å². The van der Waals surface area contributed by atoms with Crippen molar-refractivity contribution in [1.29, 1.82) is 0 Å². The molecule has 2 aliphatic heterocycles. The second kappa shape index (κ2) is 16.2.